The van der Waals surface area contributed by atoms with Crippen LogP contribution in [0.5, 0.6) is 5.75 Å². The summed E-state index contributed by atoms with van der Waals surface area (Å²) in [6, 6.07) is 8.22. The Hall–Kier alpha value is -2.38. The Bertz CT molecular complexity index is 890. The Labute approximate surface area is 169 Å². The molecule has 0 amide bonds. The Morgan fingerprint density at radius 3 is 2.82 bits per heavy atom. The Balaban J connectivity index is 1.50. The molecule has 1 saturated heterocycles. The number of nitrogens with zero attached hydrogens (tertiary/aromatic N) is 3. The van der Waals surface area contributed by atoms with E-state index < -0.39 is 0 Å². The highest BCUT2D eigenvalue weighted by molar-refractivity contribution is 7.11. The van der Waals surface area contributed by atoms with Crippen LogP contribution in [0.4, 0.5) is 0 Å². The number of aliphatic hydroxyl groups excluding tert-OH is 1. The maximum Gasteiger partial charge on any atom is 0.135 e. The van der Waals surface area contributed by atoms with Crippen molar-refractivity contribution in [3.05, 3.63) is 40.4 Å². The zero-order chi connectivity index (χ0) is 19.7. The number of hydrogen-bond donors (Lipinski definition) is 2. The highest BCUT2D eigenvalue weighted by Crippen LogP contribution is 2.33. The van der Waals surface area contributed by atoms with E-state index in [-0.39, 0.29) is 5.76 Å². The van der Waals surface area contributed by atoms with E-state index in [1.807, 2.05) is 34.5 Å². The van der Waals surface area contributed by atoms with Crippen molar-refractivity contribution in [3.8, 4) is 17.0 Å². The summed E-state index contributed by atoms with van der Waals surface area (Å²) in [7, 11) is 1.65. The molecule has 0 saturated carbocycles. The van der Waals surface area contributed by atoms with Gasteiger partial charge in [-0.1, -0.05) is 6.92 Å². The van der Waals surface area contributed by atoms with Gasteiger partial charge < -0.3 is 14.7 Å². The Morgan fingerprint density at radius 2 is 2.11 bits per heavy atom. The van der Waals surface area contributed by atoms with Crippen LogP contribution in [0.25, 0.3) is 16.8 Å². The molecule has 148 valence electrons. The third kappa shape index (κ3) is 3.52. The molecule has 0 spiro atoms. The maximum atomic E-state index is 10.6. The van der Waals surface area contributed by atoms with Gasteiger partial charge in [-0.2, -0.15) is 0 Å². The van der Waals surface area contributed by atoms with Crippen molar-refractivity contribution in [1.82, 2.24) is 14.8 Å². The third-order valence-electron chi connectivity index (χ3n) is 5.62. The molecular formula is C21H26N4O2S. The first kappa shape index (κ1) is 19.0. The molecule has 0 unspecified atom stereocenters. The van der Waals surface area contributed by atoms with Gasteiger partial charge in [0.15, 0.2) is 0 Å². The van der Waals surface area contributed by atoms with Gasteiger partial charge in [0.2, 0.25) is 0 Å². The van der Waals surface area contributed by atoms with Crippen LogP contribution in [0.2, 0.25) is 0 Å². The van der Waals surface area contributed by atoms with E-state index >= 15 is 0 Å². The molecule has 0 radical (unpaired) electrons. The van der Waals surface area contributed by atoms with Gasteiger partial charge in [0.1, 0.15) is 22.4 Å². The van der Waals surface area contributed by atoms with Crippen molar-refractivity contribution >= 4 is 22.7 Å². The molecule has 28 heavy (non-hydrogen) atoms. The number of ether oxygens (including phenoxy) is 1. The van der Waals surface area contributed by atoms with Crippen molar-refractivity contribution in [2.75, 3.05) is 33.3 Å². The Morgan fingerprint density at radius 1 is 1.32 bits per heavy atom. The number of thiazole rings is 1. The fourth-order valence-corrected chi connectivity index (χ4v) is 4.97. The molecule has 1 aromatic heterocycles. The van der Waals surface area contributed by atoms with Gasteiger partial charge in [0.25, 0.3) is 0 Å². The minimum Gasteiger partial charge on any atom is -0.510 e. The van der Waals surface area contributed by atoms with Crippen molar-refractivity contribution in [2.45, 2.75) is 25.8 Å². The fraction of sp³-hybridized carbons (Fsp3) is 0.429. The highest BCUT2D eigenvalue weighted by atomic mass is 32.1. The number of aliphatic hydroxyl groups is 1. The van der Waals surface area contributed by atoms with Gasteiger partial charge in [0, 0.05) is 23.5 Å². The van der Waals surface area contributed by atoms with Gasteiger partial charge >= 0.3 is 0 Å². The van der Waals surface area contributed by atoms with Crippen molar-refractivity contribution in [2.24, 2.45) is 0 Å². The SMILES string of the molecule is CCN1CCC[C@H]1CN1CC(O)=C(c2nc(-c3ccc(OC)cc3)cs2)C1=N. The van der Waals surface area contributed by atoms with E-state index in [1.165, 1.54) is 17.8 Å². The lowest BCUT2D eigenvalue weighted by atomic mass is 10.1. The standard InChI is InChI=1S/C21H26N4O2S/c1-3-24-10-4-5-15(24)11-25-12-18(26)19(20(25)22)21-23-17(13-28-21)14-6-8-16(27-2)9-7-14/h6-9,13,15,22,26H,3-5,10-12H2,1-2H3/t15-/m0/s1. The first-order valence-corrected chi connectivity index (χ1v) is 10.6. The Kier molecular flexibility index (Phi) is 5.37. The number of benzene rings is 1. The molecule has 2 N–H and O–H groups in total. The number of amidine groups is 1. The molecule has 3 heterocycles. The molecule has 1 aromatic carbocycles. The summed E-state index contributed by atoms with van der Waals surface area (Å²) < 4.78 is 5.21. The molecule has 6 nitrogen and oxygen atoms in total. The fourth-order valence-electron chi connectivity index (χ4n) is 4.07. The monoisotopic (exact) mass is 398 g/mol. The van der Waals surface area contributed by atoms with Crippen LogP contribution >= 0.6 is 11.3 Å². The van der Waals surface area contributed by atoms with Crippen molar-refractivity contribution in [1.29, 1.82) is 5.41 Å². The highest BCUT2D eigenvalue weighted by Gasteiger charge is 2.33. The second kappa shape index (κ2) is 7.93. The van der Waals surface area contributed by atoms with E-state index in [4.69, 9.17) is 15.1 Å². The molecule has 0 bridgehead atoms. The topological polar surface area (TPSA) is 72.7 Å². The lowest BCUT2D eigenvalue weighted by molar-refractivity contribution is 0.222. The number of nitrogens with one attached hydrogen (secondary N) is 1. The summed E-state index contributed by atoms with van der Waals surface area (Å²) in [4.78, 5) is 9.15. The minimum atomic E-state index is 0.252. The predicted octanol–water partition coefficient (Wildman–Crippen LogP) is 3.86. The van der Waals surface area contributed by atoms with E-state index in [0.29, 0.717) is 29.0 Å². The number of methoxy groups -OCH3 is 1. The van der Waals surface area contributed by atoms with Crippen LogP contribution in [0.15, 0.2) is 35.4 Å². The zero-order valence-electron chi connectivity index (χ0n) is 16.3. The van der Waals surface area contributed by atoms with Crippen molar-refractivity contribution < 1.29 is 9.84 Å². The number of likely N-dealkylation sites (tertiary alicyclic amines) is 1. The van der Waals surface area contributed by atoms with Crippen molar-refractivity contribution in [3.63, 3.8) is 0 Å². The third-order valence-corrected chi connectivity index (χ3v) is 6.48. The number of rotatable bonds is 6. The lowest BCUT2D eigenvalue weighted by Crippen LogP contribution is -2.41. The minimum absolute atomic E-state index is 0.252. The summed E-state index contributed by atoms with van der Waals surface area (Å²) in [5.41, 5.74) is 2.42. The van der Waals surface area contributed by atoms with Crippen LogP contribution in [0.3, 0.4) is 0 Å². The first-order chi connectivity index (χ1) is 13.6. The normalized spacial score (nSPS) is 20.4. The van der Waals surface area contributed by atoms with Crippen LogP contribution in [0, 0.1) is 5.41 Å². The van der Waals surface area contributed by atoms with Crippen LogP contribution < -0.4 is 4.74 Å². The van der Waals surface area contributed by atoms with E-state index in [9.17, 15) is 5.11 Å². The maximum absolute atomic E-state index is 10.6. The molecule has 2 aliphatic rings. The van der Waals surface area contributed by atoms with Crippen LogP contribution in [0.1, 0.15) is 24.8 Å². The molecule has 2 aliphatic heterocycles. The van der Waals surface area contributed by atoms with Crippen LogP contribution in [-0.2, 0) is 0 Å². The second-order valence-electron chi connectivity index (χ2n) is 7.24. The zero-order valence-corrected chi connectivity index (χ0v) is 17.1. The molecule has 0 aliphatic carbocycles. The predicted molar refractivity (Wildman–Crippen MR) is 113 cm³/mol. The van der Waals surface area contributed by atoms with Gasteiger partial charge in [-0.15, -0.1) is 11.3 Å². The van der Waals surface area contributed by atoms with Gasteiger partial charge in [-0.3, -0.25) is 10.3 Å². The second-order valence-corrected chi connectivity index (χ2v) is 8.10. The number of aromatic nitrogens is 1. The average Bonchev–Trinajstić information content (AvgIpc) is 3.42. The van der Waals surface area contributed by atoms with E-state index in [1.54, 1.807) is 7.11 Å². The van der Waals surface area contributed by atoms with E-state index in [2.05, 4.69) is 11.8 Å². The summed E-state index contributed by atoms with van der Waals surface area (Å²) in [6.07, 6.45) is 2.37. The average molecular weight is 399 g/mol. The van der Waals surface area contributed by atoms with Gasteiger partial charge in [-0.05, 0) is 50.2 Å². The van der Waals surface area contributed by atoms with Gasteiger partial charge in [-0.25, -0.2) is 4.98 Å². The number of likely N-dealkylation sites (N-methyl/N-ethyl adjacent to an activating group) is 1. The number of hydrogen-bond acceptors (Lipinski definition) is 6. The molecule has 7 heteroatoms. The van der Waals surface area contributed by atoms with E-state index in [0.717, 1.165) is 43.1 Å². The summed E-state index contributed by atoms with van der Waals surface area (Å²) in [5, 5.41) is 21.9. The molecule has 1 atom stereocenters. The summed E-state index contributed by atoms with van der Waals surface area (Å²) in [6.45, 7) is 5.55. The first-order valence-electron chi connectivity index (χ1n) is 9.71. The van der Waals surface area contributed by atoms with Crippen LogP contribution in [-0.4, -0.2) is 65.1 Å². The lowest BCUT2D eigenvalue weighted by Gasteiger charge is -2.28. The van der Waals surface area contributed by atoms with Gasteiger partial charge in [0.05, 0.1) is 24.9 Å². The summed E-state index contributed by atoms with van der Waals surface area (Å²) >= 11 is 1.47. The summed E-state index contributed by atoms with van der Waals surface area (Å²) in [5.74, 6) is 1.44. The quantitative estimate of drug-likeness (QED) is 0.773. The smallest absolute Gasteiger partial charge is 0.135 e. The molecular weight excluding hydrogens is 372 g/mol. The largest absolute Gasteiger partial charge is 0.510 e. The molecule has 4 rings (SSSR count). The molecule has 2 aromatic rings. The molecule has 1 fully saturated rings.